The Morgan fingerprint density at radius 2 is 1.32 bits per heavy atom. The van der Waals surface area contributed by atoms with E-state index < -0.39 is 10.8 Å². The van der Waals surface area contributed by atoms with Gasteiger partial charge in [-0.15, -0.1) is 22.7 Å². The fourth-order valence-corrected chi connectivity index (χ4v) is 5.58. The molecule has 4 heterocycles. The number of aromatic amines is 2. The molecule has 4 rings (SSSR count). The molecule has 0 saturated heterocycles. The van der Waals surface area contributed by atoms with Crippen molar-refractivity contribution in [3.63, 3.8) is 0 Å². The average molecular weight is 431 g/mol. The highest BCUT2D eigenvalue weighted by molar-refractivity contribution is 7.84. The van der Waals surface area contributed by atoms with Gasteiger partial charge in [-0.2, -0.15) is 0 Å². The fraction of sp³-hybridized carbons (Fsp3) is 0.300. The van der Waals surface area contributed by atoms with Gasteiger partial charge in [0, 0.05) is 11.4 Å². The van der Waals surface area contributed by atoms with Crippen LogP contribution in [0, 0.1) is 0 Å². The predicted octanol–water partition coefficient (Wildman–Crippen LogP) is 5.66. The van der Waals surface area contributed by atoms with Crippen LogP contribution in [0.3, 0.4) is 0 Å². The highest BCUT2D eigenvalue weighted by Gasteiger charge is 2.22. The topological polar surface area (TPSA) is 74.4 Å². The molecule has 0 amide bonds. The van der Waals surface area contributed by atoms with Crippen LogP contribution in [-0.4, -0.2) is 24.1 Å². The van der Waals surface area contributed by atoms with E-state index in [9.17, 15) is 4.21 Å². The number of imidazole rings is 2. The van der Waals surface area contributed by atoms with Crippen molar-refractivity contribution in [2.75, 3.05) is 0 Å². The molecule has 4 aromatic heterocycles. The molecule has 28 heavy (non-hydrogen) atoms. The van der Waals surface area contributed by atoms with Crippen LogP contribution in [0.1, 0.15) is 38.1 Å². The minimum Gasteiger partial charge on any atom is -0.334 e. The molecule has 8 heteroatoms. The lowest BCUT2D eigenvalue weighted by Gasteiger charge is -1.97. The lowest BCUT2D eigenvalue weighted by molar-refractivity contribution is 0.670. The number of nitrogens with zero attached hydrogens (tertiary/aromatic N) is 2. The molecule has 0 saturated carbocycles. The van der Waals surface area contributed by atoms with Crippen LogP contribution in [0.5, 0.6) is 0 Å². The van der Waals surface area contributed by atoms with Gasteiger partial charge in [0.05, 0.1) is 9.75 Å². The van der Waals surface area contributed by atoms with Crippen molar-refractivity contribution >= 4 is 33.5 Å². The van der Waals surface area contributed by atoms with Gasteiger partial charge < -0.3 is 9.97 Å². The number of thiophene rings is 2. The summed E-state index contributed by atoms with van der Waals surface area (Å²) in [5.41, 5.74) is 3.87. The maximum Gasteiger partial charge on any atom is 0.205 e. The molecule has 0 aliphatic rings. The highest BCUT2D eigenvalue weighted by Crippen LogP contribution is 2.31. The Hall–Kier alpha value is -2.03. The summed E-state index contributed by atoms with van der Waals surface area (Å²) in [6.07, 6.45) is 3.74. The lowest BCUT2D eigenvalue weighted by atomic mass is 10.2. The van der Waals surface area contributed by atoms with Gasteiger partial charge in [-0.3, -0.25) is 0 Å². The summed E-state index contributed by atoms with van der Waals surface area (Å²) < 4.78 is 13.3. The second-order valence-corrected chi connectivity index (χ2v) is 9.67. The smallest absolute Gasteiger partial charge is 0.205 e. The van der Waals surface area contributed by atoms with Gasteiger partial charge in [0.25, 0.3) is 0 Å². The molecule has 0 atom stereocenters. The van der Waals surface area contributed by atoms with E-state index in [0.29, 0.717) is 10.3 Å². The summed E-state index contributed by atoms with van der Waals surface area (Å²) in [7, 11) is -1.48. The van der Waals surface area contributed by atoms with E-state index in [1.165, 1.54) is 0 Å². The number of hydrogen-bond acceptors (Lipinski definition) is 5. The molecule has 0 aromatic carbocycles. The second kappa shape index (κ2) is 8.55. The number of nitrogens with one attached hydrogen (secondary N) is 2. The van der Waals surface area contributed by atoms with Crippen molar-refractivity contribution in [2.24, 2.45) is 0 Å². The first-order valence-corrected chi connectivity index (χ1v) is 12.3. The van der Waals surface area contributed by atoms with Gasteiger partial charge in [-0.25, -0.2) is 14.2 Å². The van der Waals surface area contributed by atoms with Gasteiger partial charge >= 0.3 is 0 Å². The summed E-state index contributed by atoms with van der Waals surface area (Å²) in [6.45, 7) is 4.26. The van der Waals surface area contributed by atoms with Crippen molar-refractivity contribution in [3.05, 3.63) is 46.4 Å². The first kappa shape index (κ1) is 19.3. The summed E-state index contributed by atoms with van der Waals surface area (Å²) in [5, 5.41) is 4.99. The Balaban J connectivity index is 1.72. The van der Waals surface area contributed by atoms with Crippen molar-refractivity contribution in [1.29, 1.82) is 0 Å². The number of hydrogen-bond donors (Lipinski definition) is 2. The third kappa shape index (κ3) is 3.76. The molecule has 0 spiro atoms. The van der Waals surface area contributed by atoms with Crippen LogP contribution in [0.4, 0.5) is 0 Å². The predicted molar refractivity (Wildman–Crippen MR) is 116 cm³/mol. The maximum absolute atomic E-state index is 13.3. The van der Waals surface area contributed by atoms with Crippen LogP contribution >= 0.6 is 22.7 Å². The maximum atomic E-state index is 13.3. The number of aromatic nitrogens is 4. The summed E-state index contributed by atoms with van der Waals surface area (Å²) >= 11 is 3.29. The molecule has 5 nitrogen and oxygen atoms in total. The highest BCUT2D eigenvalue weighted by atomic mass is 32.2. The van der Waals surface area contributed by atoms with Gasteiger partial charge in [-0.1, -0.05) is 38.8 Å². The van der Waals surface area contributed by atoms with Crippen LogP contribution in [0.2, 0.25) is 0 Å². The quantitative estimate of drug-likeness (QED) is 0.379. The summed E-state index contributed by atoms with van der Waals surface area (Å²) in [6, 6.07) is 8.12. The average Bonchev–Trinajstić information content (AvgIpc) is 3.46. The molecule has 4 aromatic rings. The van der Waals surface area contributed by atoms with Crippen molar-refractivity contribution in [1.82, 2.24) is 19.9 Å². The molecule has 0 radical (unpaired) electrons. The molecule has 146 valence electrons. The first-order chi connectivity index (χ1) is 13.7. The van der Waals surface area contributed by atoms with Crippen LogP contribution in [0.25, 0.3) is 21.1 Å². The van der Waals surface area contributed by atoms with Crippen LogP contribution in [-0.2, 0) is 23.6 Å². The van der Waals surface area contributed by atoms with Crippen molar-refractivity contribution in [3.8, 4) is 21.1 Å². The van der Waals surface area contributed by atoms with E-state index in [-0.39, 0.29) is 0 Å². The first-order valence-electron chi connectivity index (χ1n) is 9.38. The molecule has 0 aliphatic carbocycles. The lowest BCUT2D eigenvalue weighted by Crippen LogP contribution is -1.98. The zero-order valence-corrected chi connectivity index (χ0v) is 18.3. The Morgan fingerprint density at radius 3 is 1.68 bits per heavy atom. The van der Waals surface area contributed by atoms with Crippen molar-refractivity contribution < 1.29 is 4.21 Å². The largest absolute Gasteiger partial charge is 0.334 e. The SMILES string of the molecule is CCCc1[nH]c(S(=O)c2nc(-c3cccs3)c(CCC)[nH]2)nc1-c1cccs1. The fourth-order valence-electron chi connectivity index (χ4n) is 3.13. The summed E-state index contributed by atoms with van der Waals surface area (Å²) in [5.74, 6) is 0. The molecular weight excluding hydrogens is 408 g/mol. The van der Waals surface area contributed by atoms with Crippen LogP contribution in [0.15, 0.2) is 45.3 Å². The van der Waals surface area contributed by atoms with E-state index in [1.54, 1.807) is 22.7 Å². The normalized spacial score (nSPS) is 11.5. The van der Waals surface area contributed by atoms with Gasteiger partial charge in [0.2, 0.25) is 10.3 Å². The summed E-state index contributed by atoms with van der Waals surface area (Å²) in [4.78, 5) is 18.2. The molecule has 2 N–H and O–H groups in total. The van der Waals surface area contributed by atoms with Crippen LogP contribution < -0.4 is 0 Å². The van der Waals surface area contributed by atoms with Gasteiger partial charge in [0.15, 0.2) is 10.8 Å². The molecule has 0 unspecified atom stereocenters. The van der Waals surface area contributed by atoms with Crippen molar-refractivity contribution in [2.45, 2.75) is 49.8 Å². The minimum atomic E-state index is -1.48. The second-order valence-electron chi connectivity index (χ2n) is 6.46. The third-order valence-corrected chi connectivity index (χ3v) is 7.22. The van der Waals surface area contributed by atoms with E-state index in [2.05, 4.69) is 23.8 Å². The molecule has 0 bridgehead atoms. The Morgan fingerprint density at radius 1 is 0.857 bits per heavy atom. The molecule has 0 fully saturated rings. The minimum absolute atomic E-state index is 0.460. The Bertz CT molecular complexity index is 977. The van der Waals surface area contributed by atoms with E-state index >= 15 is 0 Å². The van der Waals surface area contributed by atoms with E-state index in [0.717, 1.165) is 58.2 Å². The van der Waals surface area contributed by atoms with Gasteiger partial charge in [-0.05, 0) is 35.7 Å². The van der Waals surface area contributed by atoms with Gasteiger partial charge in [0.1, 0.15) is 11.4 Å². The van der Waals surface area contributed by atoms with E-state index in [1.807, 2.05) is 35.0 Å². The number of aryl methyl sites for hydroxylation is 2. The standard InChI is InChI=1S/C20H22N4OS3/c1-3-7-13-17(15-9-5-11-26-15)23-19(21-13)28(25)20-22-14(8-4-2)18(24-20)16-10-6-12-27-16/h5-6,9-12H,3-4,7-8H2,1-2H3,(H,21,23)(H,22,24). The number of H-pyrrole nitrogens is 2. The molecule has 0 aliphatic heterocycles. The monoisotopic (exact) mass is 430 g/mol. The Kier molecular flexibility index (Phi) is 5.89. The number of rotatable bonds is 8. The van der Waals surface area contributed by atoms with E-state index in [4.69, 9.17) is 9.97 Å². The third-order valence-electron chi connectivity index (χ3n) is 4.37. The zero-order chi connectivity index (χ0) is 19.5. The molecular formula is C20H22N4OS3. The zero-order valence-electron chi connectivity index (χ0n) is 15.8. The Labute approximate surface area is 174 Å².